The number of hydrogen-bond donors (Lipinski definition) is 0. The van der Waals surface area contributed by atoms with Gasteiger partial charge in [-0.2, -0.15) is 4.20 Å². The van der Waals surface area contributed by atoms with Crippen LogP contribution in [0.3, 0.4) is 0 Å². The largest absolute Gasteiger partial charge is 0.364 e. The zero-order valence-corrected chi connectivity index (χ0v) is 8.52. The second-order valence-corrected chi connectivity index (χ2v) is 5.44. The maximum atomic E-state index is 12.6. The minimum atomic E-state index is -3.75. The summed E-state index contributed by atoms with van der Waals surface area (Å²) in [6, 6.07) is 0. The Balaban J connectivity index is 2.31. The summed E-state index contributed by atoms with van der Waals surface area (Å²) >= 11 is 0. The Hall–Kier alpha value is 0.120. The predicted octanol–water partition coefficient (Wildman–Crippen LogP) is 3.37. The van der Waals surface area contributed by atoms with Crippen LogP contribution < -0.4 is 0 Å². The third kappa shape index (κ3) is 3.68. The summed E-state index contributed by atoms with van der Waals surface area (Å²) in [6.45, 7) is 3.21. The fraction of sp³-hybridized carbons (Fsp3) is 1.00. The molecule has 1 fully saturated rings. The van der Waals surface area contributed by atoms with E-state index in [1.807, 2.05) is 0 Å². The Morgan fingerprint density at radius 3 is 2.25 bits per heavy atom. The molecule has 0 heterocycles. The van der Waals surface area contributed by atoms with E-state index in [-0.39, 0.29) is 6.10 Å². The van der Waals surface area contributed by atoms with Crippen LogP contribution in [0.25, 0.3) is 0 Å². The monoisotopic (exact) mass is 194 g/mol. The van der Waals surface area contributed by atoms with Crippen LogP contribution in [0, 0.1) is 5.92 Å². The van der Waals surface area contributed by atoms with Crippen LogP contribution in [-0.4, -0.2) is 12.8 Å². The molecule has 0 aromatic heterocycles. The van der Waals surface area contributed by atoms with Gasteiger partial charge in [-0.3, -0.25) is 4.57 Å². The van der Waals surface area contributed by atoms with Crippen LogP contribution in [0.5, 0.6) is 0 Å². The van der Waals surface area contributed by atoms with Crippen molar-refractivity contribution in [2.24, 2.45) is 5.92 Å². The van der Waals surface area contributed by atoms with Gasteiger partial charge < -0.3 is 4.52 Å². The number of halogens is 1. The highest BCUT2D eigenvalue weighted by atomic mass is 31.2. The zero-order valence-electron chi connectivity index (χ0n) is 7.62. The first-order valence-electron chi connectivity index (χ1n) is 4.43. The highest BCUT2D eigenvalue weighted by Gasteiger charge is 2.25. The summed E-state index contributed by atoms with van der Waals surface area (Å²) in [4.78, 5) is 0. The summed E-state index contributed by atoms with van der Waals surface area (Å²) in [5.74, 6) is 0.709. The van der Waals surface area contributed by atoms with Crippen molar-refractivity contribution in [3.63, 3.8) is 0 Å². The van der Waals surface area contributed by atoms with E-state index in [2.05, 4.69) is 6.92 Å². The maximum absolute atomic E-state index is 12.6. The lowest BCUT2D eigenvalue weighted by Gasteiger charge is -2.26. The van der Waals surface area contributed by atoms with Crippen molar-refractivity contribution < 1.29 is 13.3 Å². The second-order valence-electron chi connectivity index (χ2n) is 3.73. The minimum absolute atomic E-state index is 0.109. The first kappa shape index (κ1) is 10.2. The molecule has 0 aliphatic heterocycles. The van der Waals surface area contributed by atoms with Crippen molar-refractivity contribution >= 4 is 7.68 Å². The van der Waals surface area contributed by atoms with Crippen LogP contribution in [0.2, 0.25) is 0 Å². The number of hydrogen-bond acceptors (Lipinski definition) is 2. The van der Waals surface area contributed by atoms with Crippen molar-refractivity contribution in [1.82, 2.24) is 0 Å². The number of rotatable bonds is 2. The molecule has 2 nitrogen and oxygen atoms in total. The first-order chi connectivity index (χ1) is 5.47. The van der Waals surface area contributed by atoms with E-state index >= 15 is 0 Å². The average molecular weight is 194 g/mol. The molecule has 1 saturated carbocycles. The van der Waals surface area contributed by atoms with Crippen molar-refractivity contribution in [2.75, 3.05) is 6.66 Å². The molecule has 0 N–H and O–H groups in total. The van der Waals surface area contributed by atoms with E-state index in [0.717, 1.165) is 32.3 Å². The molecule has 0 aromatic carbocycles. The lowest BCUT2D eigenvalue weighted by molar-refractivity contribution is 0.130. The van der Waals surface area contributed by atoms with Gasteiger partial charge in [0, 0.05) is 6.66 Å². The van der Waals surface area contributed by atoms with E-state index in [9.17, 15) is 8.76 Å². The molecule has 1 rings (SSSR count). The molecule has 1 aliphatic carbocycles. The highest BCUT2D eigenvalue weighted by molar-refractivity contribution is 7.52. The van der Waals surface area contributed by atoms with Crippen LogP contribution in [0.15, 0.2) is 0 Å². The molecule has 0 spiro atoms. The van der Waals surface area contributed by atoms with Gasteiger partial charge in [-0.25, -0.2) is 0 Å². The lowest BCUT2D eigenvalue weighted by Crippen LogP contribution is -2.18. The Kier molecular flexibility index (Phi) is 3.30. The van der Waals surface area contributed by atoms with Gasteiger partial charge in [-0.1, -0.05) is 6.92 Å². The fourth-order valence-electron chi connectivity index (χ4n) is 1.60. The molecule has 0 radical (unpaired) electrons. The van der Waals surface area contributed by atoms with E-state index in [1.54, 1.807) is 0 Å². The van der Waals surface area contributed by atoms with Crippen LogP contribution >= 0.6 is 7.68 Å². The van der Waals surface area contributed by atoms with Crippen molar-refractivity contribution in [3.8, 4) is 0 Å². The summed E-state index contributed by atoms with van der Waals surface area (Å²) < 4.78 is 28.1. The molecule has 12 heavy (non-hydrogen) atoms. The molecule has 0 aromatic rings. The Morgan fingerprint density at radius 2 is 1.83 bits per heavy atom. The molecule has 0 bridgehead atoms. The molecule has 0 saturated heterocycles. The van der Waals surface area contributed by atoms with Gasteiger partial charge in [0.25, 0.3) is 0 Å². The van der Waals surface area contributed by atoms with Gasteiger partial charge in [-0.15, -0.1) is 0 Å². The third-order valence-electron chi connectivity index (χ3n) is 2.30. The third-order valence-corrected chi connectivity index (χ3v) is 2.97. The molecule has 1 atom stereocenters. The van der Waals surface area contributed by atoms with Gasteiger partial charge in [-0.05, 0) is 31.6 Å². The molecule has 1 unspecified atom stereocenters. The minimum Gasteiger partial charge on any atom is -0.302 e. The average Bonchev–Trinajstić information content (AvgIpc) is 1.91. The van der Waals surface area contributed by atoms with Crippen molar-refractivity contribution in [3.05, 3.63) is 0 Å². The smallest absolute Gasteiger partial charge is 0.302 e. The van der Waals surface area contributed by atoms with E-state index in [0.29, 0.717) is 5.92 Å². The van der Waals surface area contributed by atoms with Gasteiger partial charge in [0.2, 0.25) is 0 Å². The van der Waals surface area contributed by atoms with Gasteiger partial charge in [0.1, 0.15) is 0 Å². The van der Waals surface area contributed by atoms with Gasteiger partial charge in [0.05, 0.1) is 6.10 Å². The molecule has 4 heteroatoms. The summed E-state index contributed by atoms with van der Waals surface area (Å²) in [5, 5.41) is 0. The summed E-state index contributed by atoms with van der Waals surface area (Å²) in [5.41, 5.74) is 0. The highest BCUT2D eigenvalue weighted by Crippen LogP contribution is 2.47. The van der Waals surface area contributed by atoms with E-state index < -0.39 is 7.68 Å². The lowest BCUT2D eigenvalue weighted by atomic mass is 9.89. The van der Waals surface area contributed by atoms with E-state index in [1.165, 1.54) is 0 Å². The Morgan fingerprint density at radius 1 is 1.33 bits per heavy atom. The van der Waals surface area contributed by atoms with Gasteiger partial charge in [0.15, 0.2) is 0 Å². The molecule has 72 valence electrons. The normalized spacial score (nSPS) is 35.9. The van der Waals surface area contributed by atoms with Crippen LogP contribution in [0.4, 0.5) is 4.20 Å². The van der Waals surface area contributed by atoms with Crippen molar-refractivity contribution in [2.45, 2.75) is 38.7 Å². The molecular formula is C8H16FO2P. The SMILES string of the molecule is CC1CCC(OP(C)(=O)F)CC1. The fourth-order valence-corrected chi connectivity index (χ4v) is 2.34. The molecule has 0 amide bonds. The molecular weight excluding hydrogens is 178 g/mol. The summed E-state index contributed by atoms with van der Waals surface area (Å²) in [7, 11) is -3.75. The summed E-state index contributed by atoms with van der Waals surface area (Å²) in [6.07, 6.45) is 3.71. The van der Waals surface area contributed by atoms with Crippen LogP contribution in [0.1, 0.15) is 32.6 Å². The quantitative estimate of drug-likeness (QED) is 0.630. The Bertz CT molecular complexity index is 181. The first-order valence-corrected chi connectivity index (χ1v) is 6.39. The van der Waals surface area contributed by atoms with E-state index in [4.69, 9.17) is 4.52 Å². The topological polar surface area (TPSA) is 26.3 Å². The Labute approximate surface area is 73.1 Å². The standard InChI is InChI=1S/C8H16FO2P/c1-7-3-5-8(6-4-7)11-12(2,9)10/h7-8H,3-6H2,1-2H3. The molecule has 1 aliphatic rings. The van der Waals surface area contributed by atoms with Gasteiger partial charge >= 0.3 is 7.68 Å². The zero-order chi connectivity index (χ0) is 9.19. The predicted molar refractivity (Wildman–Crippen MR) is 47.1 cm³/mol. The maximum Gasteiger partial charge on any atom is 0.364 e. The van der Waals surface area contributed by atoms with Crippen LogP contribution in [-0.2, 0) is 9.09 Å². The van der Waals surface area contributed by atoms with Crippen molar-refractivity contribution in [1.29, 1.82) is 0 Å². The second kappa shape index (κ2) is 3.89.